The van der Waals surface area contributed by atoms with E-state index in [9.17, 15) is 0 Å². The molecule has 11 heavy (non-hydrogen) atoms. The van der Waals surface area contributed by atoms with Gasteiger partial charge in [0.1, 0.15) is 0 Å². The van der Waals surface area contributed by atoms with Gasteiger partial charge in [0, 0.05) is 11.5 Å². The van der Waals surface area contributed by atoms with Gasteiger partial charge in [0.05, 0.1) is 5.37 Å². The van der Waals surface area contributed by atoms with E-state index in [0.717, 1.165) is 5.75 Å². The topological polar surface area (TPSA) is 12.4 Å². The summed E-state index contributed by atoms with van der Waals surface area (Å²) >= 11 is 2.00. The molecule has 0 aromatic heterocycles. The van der Waals surface area contributed by atoms with Crippen LogP contribution in [0.5, 0.6) is 0 Å². The van der Waals surface area contributed by atoms with Crippen molar-refractivity contribution in [2.24, 2.45) is 4.99 Å². The zero-order chi connectivity index (χ0) is 8.10. The Morgan fingerprint density at radius 1 is 1.55 bits per heavy atom. The zero-order valence-corrected chi connectivity index (χ0v) is 8.28. The summed E-state index contributed by atoms with van der Waals surface area (Å²) in [6.07, 6.45) is 5.33. The molecule has 1 heterocycles. The molecule has 1 nitrogen and oxygen atoms in total. The van der Waals surface area contributed by atoms with Crippen molar-refractivity contribution in [1.82, 2.24) is 0 Å². The lowest BCUT2D eigenvalue weighted by molar-refractivity contribution is 0.658. The lowest BCUT2D eigenvalue weighted by atomic mass is 10.2. The van der Waals surface area contributed by atoms with Gasteiger partial charge in [-0.25, -0.2) is 0 Å². The van der Waals surface area contributed by atoms with E-state index >= 15 is 0 Å². The summed E-state index contributed by atoms with van der Waals surface area (Å²) in [5, 5.41) is 0.599. The number of aliphatic imine (C=N–C) groups is 1. The summed E-state index contributed by atoms with van der Waals surface area (Å²) in [7, 11) is 0. The third kappa shape index (κ3) is 3.28. The monoisotopic (exact) mass is 171 g/mol. The molecule has 2 heteroatoms. The molecular formula is C9H17NS. The second-order valence-corrected chi connectivity index (χ2v) is 4.29. The fourth-order valence-electron chi connectivity index (χ4n) is 1.25. The molecule has 0 fully saturated rings. The van der Waals surface area contributed by atoms with Gasteiger partial charge in [-0.2, -0.15) is 0 Å². The van der Waals surface area contributed by atoms with Gasteiger partial charge in [0.2, 0.25) is 0 Å². The molecule has 1 aliphatic heterocycles. The standard InChI is InChI=1S/C9H17NS/c1-3-4-5-6-9-10-8(2)7-11-9/h9H,3-7H2,1-2H3. The van der Waals surface area contributed by atoms with E-state index < -0.39 is 0 Å². The lowest BCUT2D eigenvalue weighted by Gasteiger charge is -2.03. The molecule has 1 unspecified atom stereocenters. The number of unbranched alkanes of at least 4 members (excludes halogenated alkanes) is 2. The molecule has 64 valence electrons. The van der Waals surface area contributed by atoms with E-state index in [1.54, 1.807) is 0 Å². The number of rotatable bonds is 4. The summed E-state index contributed by atoms with van der Waals surface area (Å²) in [4.78, 5) is 4.54. The number of thioether (sulfide) groups is 1. The Labute approximate surface area is 73.7 Å². The van der Waals surface area contributed by atoms with Crippen molar-refractivity contribution in [3.05, 3.63) is 0 Å². The van der Waals surface area contributed by atoms with Gasteiger partial charge >= 0.3 is 0 Å². The van der Waals surface area contributed by atoms with Crippen molar-refractivity contribution in [3.63, 3.8) is 0 Å². The van der Waals surface area contributed by atoms with Gasteiger partial charge in [0.15, 0.2) is 0 Å². The van der Waals surface area contributed by atoms with Gasteiger partial charge in [0.25, 0.3) is 0 Å². The summed E-state index contributed by atoms with van der Waals surface area (Å²) in [6, 6.07) is 0. The van der Waals surface area contributed by atoms with Crippen molar-refractivity contribution in [2.75, 3.05) is 5.75 Å². The Kier molecular flexibility index (Phi) is 3.98. The van der Waals surface area contributed by atoms with E-state index in [-0.39, 0.29) is 0 Å². The van der Waals surface area contributed by atoms with Crippen molar-refractivity contribution in [3.8, 4) is 0 Å². The minimum atomic E-state index is 0.599. The lowest BCUT2D eigenvalue weighted by Crippen LogP contribution is -1.93. The predicted octanol–water partition coefficient (Wildman–Crippen LogP) is 3.10. The highest BCUT2D eigenvalue weighted by atomic mass is 32.2. The Morgan fingerprint density at radius 2 is 2.36 bits per heavy atom. The highest BCUT2D eigenvalue weighted by Gasteiger charge is 2.13. The summed E-state index contributed by atoms with van der Waals surface area (Å²) in [5.41, 5.74) is 1.33. The highest BCUT2D eigenvalue weighted by molar-refractivity contribution is 8.00. The quantitative estimate of drug-likeness (QED) is 0.592. The normalized spacial score (nSPS) is 23.8. The first-order chi connectivity index (χ1) is 5.33. The van der Waals surface area contributed by atoms with Crippen molar-refractivity contribution >= 4 is 17.5 Å². The highest BCUT2D eigenvalue weighted by Crippen LogP contribution is 2.24. The minimum absolute atomic E-state index is 0.599. The maximum Gasteiger partial charge on any atom is 0.0954 e. The first-order valence-electron chi connectivity index (χ1n) is 4.48. The Balaban J connectivity index is 2.08. The van der Waals surface area contributed by atoms with Crippen molar-refractivity contribution in [2.45, 2.75) is 44.9 Å². The maximum atomic E-state index is 4.54. The van der Waals surface area contributed by atoms with E-state index in [4.69, 9.17) is 0 Å². The van der Waals surface area contributed by atoms with Crippen LogP contribution in [0.1, 0.15) is 39.5 Å². The first kappa shape index (κ1) is 9.11. The van der Waals surface area contributed by atoms with Crippen LogP contribution in [0.4, 0.5) is 0 Å². The molecule has 0 N–H and O–H groups in total. The van der Waals surface area contributed by atoms with Crippen LogP contribution < -0.4 is 0 Å². The third-order valence-corrected chi connectivity index (χ3v) is 3.21. The van der Waals surface area contributed by atoms with E-state index in [0.29, 0.717) is 5.37 Å². The fourth-order valence-corrected chi connectivity index (χ4v) is 2.35. The van der Waals surface area contributed by atoms with Gasteiger partial charge in [-0.05, 0) is 13.3 Å². The number of hydrogen-bond acceptors (Lipinski definition) is 2. The molecule has 1 aliphatic rings. The molecule has 0 aliphatic carbocycles. The van der Waals surface area contributed by atoms with Gasteiger partial charge in [-0.15, -0.1) is 11.8 Å². The van der Waals surface area contributed by atoms with Crippen LogP contribution in [-0.4, -0.2) is 16.8 Å². The van der Waals surface area contributed by atoms with Gasteiger partial charge in [-0.3, -0.25) is 4.99 Å². The molecule has 0 spiro atoms. The minimum Gasteiger partial charge on any atom is -0.279 e. The fraction of sp³-hybridized carbons (Fsp3) is 0.889. The Morgan fingerprint density at radius 3 is 2.91 bits per heavy atom. The first-order valence-corrected chi connectivity index (χ1v) is 5.52. The average molecular weight is 171 g/mol. The van der Waals surface area contributed by atoms with Gasteiger partial charge in [-0.1, -0.05) is 26.2 Å². The molecule has 1 atom stereocenters. The molecule has 0 saturated heterocycles. The van der Waals surface area contributed by atoms with Crippen LogP contribution in [0.3, 0.4) is 0 Å². The second kappa shape index (κ2) is 4.81. The van der Waals surface area contributed by atoms with E-state index in [1.165, 1.54) is 31.4 Å². The second-order valence-electron chi connectivity index (χ2n) is 3.13. The molecule has 0 radical (unpaired) electrons. The van der Waals surface area contributed by atoms with Crippen LogP contribution in [0.15, 0.2) is 4.99 Å². The Hall–Kier alpha value is 0.0200. The maximum absolute atomic E-state index is 4.54. The number of nitrogens with zero attached hydrogens (tertiary/aromatic N) is 1. The SMILES string of the molecule is CCCCCC1N=C(C)CS1. The molecule has 0 bridgehead atoms. The van der Waals surface area contributed by atoms with Crippen LogP contribution >= 0.6 is 11.8 Å². The van der Waals surface area contributed by atoms with Crippen molar-refractivity contribution in [1.29, 1.82) is 0 Å². The third-order valence-electron chi connectivity index (χ3n) is 1.90. The molecule has 1 rings (SSSR count). The summed E-state index contributed by atoms with van der Waals surface area (Å²) in [5.74, 6) is 1.16. The molecule has 0 saturated carbocycles. The predicted molar refractivity (Wildman–Crippen MR) is 53.5 cm³/mol. The molecular weight excluding hydrogens is 154 g/mol. The summed E-state index contributed by atoms with van der Waals surface area (Å²) < 4.78 is 0. The average Bonchev–Trinajstić information content (AvgIpc) is 2.37. The molecule has 0 amide bonds. The van der Waals surface area contributed by atoms with Gasteiger partial charge < -0.3 is 0 Å². The van der Waals surface area contributed by atoms with Crippen LogP contribution in [0, 0.1) is 0 Å². The zero-order valence-electron chi connectivity index (χ0n) is 7.47. The van der Waals surface area contributed by atoms with E-state index in [1.807, 2.05) is 11.8 Å². The van der Waals surface area contributed by atoms with Crippen LogP contribution in [0.25, 0.3) is 0 Å². The smallest absolute Gasteiger partial charge is 0.0954 e. The summed E-state index contributed by atoms with van der Waals surface area (Å²) in [6.45, 7) is 4.38. The Bertz CT molecular complexity index is 142. The van der Waals surface area contributed by atoms with Crippen LogP contribution in [0.2, 0.25) is 0 Å². The largest absolute Gasteiger partial charge is 0.279 e. The van der Waals surface area contributed by atoms with Crippen molar-refractivity contribution < 1.29 is 0 Å². The van der Waals surface area contributed by atoms with Crippen LogP contribution in [-0.2, 0) is 0 Å². The molecule has 0 aromatic carbocycles. The number of hydrogen-bond donors (Lipinski definition) is 0. The molecule has 0 aromatic rings. The van der Waals surface area contributed by atoms with E-state index in [2.05, 4.69) is 18.8 Å².